The van der Waals surface area contributed by atoms with E-state index in [9.17, 15) is 10.1 Å². The van der Waals surface area contributed by atoms with Crippen LogP contribution >= 0.6 is 27.5 Å². The molecule has 0 aliphatic rings. The quantitative estimate of drug-likeness (QED) is 0.335. The van der Waals surface area contributed by atoms with Crippen LogP contribution in [0.15, 0.2) is 22.7 Å². The van der Waals surface area contributed by atoms with Gasteiger partial charge in [-0.2, -0.15) is 0 Å². The van der Waals surface area contributed by atoms with Crippen LogP contribution in [0.25, 0.3) is 0 Å². The lowest BCUT2D eigenvalue weighted by Gasteiger charge is -2.08. The molecule has 94 valence electrons. The van der Waals surface area contributed by atoms with Gasteiger partial charge in [0.25, 0.3) is 0 Å². The van der Waals surface area contributed by atoms with Crippen LogP contribution in [0.3, 0.4) is 0 Å². The van der Waals surface area contributed by atoms with Crippen LogP contribution in [0, 0.1) is 10.1 Å². The third-order valence-electron chi connectivity index (χ3n) is 1.84. The lowest BCUT2D eigenvalue weighted by Crippen LogP contribution is -2.09. The Kier molecular flexibility index (Phi) is 6.25. The molecule has 1 aromatic carbocycles. The number of benzene rings is 1. The molecule has 0 aromatic heterocycles. The summed E-state index contributed by atoms with van der Waals surface area (Å²) in [7, 11) is 0. The third kappa shape index (κ3) is 4.49. The molecular weight excluding hydrogens is 313 g/mol. The largest absolute Gasteiger partial charge is 0.484 e. The Balaban J connectivity index is 2.60. The third-order valence-corrected chi connectivity index (χ3v) is 2.62. The molecule has 0 saturated carbocycles. The van der Waals surface area contributed by atoms with Crippen molar-refractivity contribution in [3.8, 4) is 5.75 Å². The van der Waals surface area contributed by atoms with Crippen molar-refractivity contribution in [2.75, 3.05) is 25.7 Å². The van der Waals surface area contributed by atoms with Crippen molar-refractivity contribution in [1.29, 1.82) is 0 Å². The Labute approximate surface area is 112 Å². The van der Waals surface area contributed by atoms with Crippen LogP contribution in [0.1, 0.15) is 0 Å². The van der Waals surface area contributed by atoms with E-state index in [1.54, 1.807) is 12.1 Å². The second-order valence-corrected chi connectivity index (χ2v) is 4.23. The van der Waals surface area contributed by atoms with E-state index >= 15 is 0 Å². The summed E-state index contributed by atoms with van der Waals surface area (Å²) in [6.07, 6.45) is 0. The number of para-hydroxylation sites is 1. The molecule has 5 nitrogen and oxygen atoms in total. The van der Waals surface area contributed by atoms with Crippen LogP contribution in [0.2, 0.25) is 0 Å². The second-order valence-electron chi connectivity index (χ2n) is 3.00. The standard InChI is InChI=1S/C10H11BrClNO4/c11-8-2-1-3-9(13(14)15)10(8)17-7-6-16-5-4-12/h1-3H,4-7H2. The number of alkyl halides is 1. The molecule has 0 fully saturated rings. The number of ether oxygens (including phenoxy) is 2. The first kappa shape index (κ1) is 14.2. The average Bonchev–Trinajstić information content (AvgIpc) is 2.30. The molecule has 1 rings (SSSR count). The Hall–Kier alpha value is -0.850. The van der Waals surface area contributed by atoms with Crippen molar-refractivity contribution in [3.63, 3.8) is 0 Å². The second kappa shape index (κ2) is 7.47. The van der Waals surface area contributed by atoms with Gasteiger partial charge in [-0.3, -0.25) is 10.1 Å². The van der Waals surface area contributed by atoms with Crippen LogP contribution < -0.4 is 4.74 Å². The Bertz CT molecular complexity index is 389. The number of rotatable bonds is 7. The number of hydrogen-bond donors (Lipinski definition) is 0. The molecule has 0 radical (unpaired) electrons. The number of hydrogen-bond acceptors (Lipinski definition) is 4. The summed E-state index contributed by atoms with van der Waals surface area (Å²) in [4.78, 5) is 10.3. The van der Waals surface area contributed by atoms with Gasteiger partial charge in [0.2, 0.25) is 5.75 Å². The van der Waals surface area contributed by atoms with Crippen LogP contribution in [0.4, 0.5) is 5.69 Å². The maximum Gasteiger partial charge on any atom is 0.312 e. The molecular formula is C10H11BrClNO4. The lowest BCUT2D eigenvalue weighted by molar-refractivity contribution is -0.386. The van der Waals surface area contributed by atoms with E-state index in [-0.39, 0.29) is 18.0 Å². The summed E-state index contributed by atoms with van der Waals surface area (Å²) in [6, 6.07) is 4.65. The summed E-state index contributed by atoms with van der Waals surface area (Å²) < 4.78 is 11.0. The van der Waals surface area contributed by atoms with E-state index in [0.717, 1.165) is 0 Å². The summed E-state index contributed by atoms with van der Waals surface area (Å²) in [6.45, 7) is 1.01. The predicted molar refractivity (Wildman–Crippen MR) is 67.8 cm³/mol. The highest BCUT2D eigenvalue weighted by Crippen LogP contribution is 2.34. The normalized spacial score (nSPS) is 10.2. The fourth-order valence-corrected chi connectivity index (χ4v) is 1.72. The molecule has 1 aromatic rings. The fourth-order valence-electron chi connectivity index (χ4n) is 1.14. The van der Waals surface area contributed by atoms with Crippen molar-refractivity contribution in [2.45, 2.75) is 0 Å². The van der Waals surface area contributed by atoms with Gasteiger partial charge >= 0.3 is 5.69 Å². The number of nitro groups is 1. The molecule has 0 unspecified atom stereocenters. The van der Waals surface area contributed by atoms with Gasteiger partial charge in [0.05, 0.1) is 22.6 Å². The minimum Gasteiger partial charge on any atom is -0.484 e. The van der Waals surface area contributed by atoms with Gasteiger partial charge in [-0.1, -0.05) is 6.07 Å². The Morgan fingerprint density at radius 1 is 1.35 bits per heavy atom. The lowest BCUT2D eigenvalue weighted by atomic mass is 10.3. The van der Waals surface area contributed by atoms with E-state index in [1.807, 2.05) is 0 Å². The summed E-state index contributed by atoms with van der Waals surface area (Å²) >= 11 is 8.63. The summed E-state index contributed by atoms with van der Waals surface area (Å²) in [5, 5.41) is 10.8. The minimum absolute atomic E-state index is 0.0725. The maximum atomic E-state index is 10.8. The highest BCUT2D eigenvalue weighted by molar-refractivity contribution is 9.10. The zero-order chi connectivity index (χ0) is 12.7. The van der Waals surface area contributed by atoms with Gasteiger partial charge in [0, 0.05) is 11.9 Å². The van der Waals surface area contributed by atoms with Crippen molar-refractivity contribution in [3.05, 3.63) is 32.8 Å². The summed E-state index contributed by atoms with van der Waals surface area (Å²) in [5.41, 5.74) is -0.0725. The number of halogens is 2. The highest BCUT2D eigenvalue weighted by Gasteiger charge is 2.17. The van der Waals surface area contributed by atoms with Crippen molar-refractivity contribution < 1.29 is 14.4 Å². The number of nitrogens with zero attached hydrogens (tertiary/aromatic N) is 1. The minimum atomic E-state index is -0.486. The zero-order valence-electron chi connectivity index (χ0n) is 8.90. The molecule has 0 saturated heterocycles. The van der Waals surface area contributed by atoms with E-state index < -0.39 is 4.92 Å². The Morgan fingerprint density at radius 2 is 2.12 bits per heavy atom. The molecule has 0 atom stereocenters. The zero-order valence-corrected chi connectivity index (χ0v) is 11.2. The molecule has 7 heteroatoms. The molecule has 0 aliphatic carbocycles. The highest BCUT2D eigenvalue weighted by atomic mass is 79.9. The molecule has 0 aliphatic heterocycles. The summed E-state index contributed by atoms with van der Waals surface area (Å²) in [5.74, 6) is 0.627. The van der Waals surface area contributed by atoms with Crippen LogP contribution in [-0.4, -0.2) is 30.6 Å². The van der Waals surface area contributed by atoms with Gasteiger partial charge in [-0.05, 0) is 22.0 Å². The van der Waals surface area contributed by atoms with Gasteiger partial charge in [0.1, 0.15) is 6.61 Å². The van der Waals surface area contributed by atoms with Gasteiger partial charge < -0.3 is 9.47 Å². The van der Waals surface area contributed by atoms with Gasteiger partial charge in [-0.25, -0.2) is 0 Å². The van der Waals surface area contributed by atoms with E-state index in [2.05, 4.69) is 15.9 Å². The first-order valence-corrected chi connectivity index (χ1v) is 6.19. The van der Waals surface area contributed by atoms with E-state index in [0.29, 0.717) is 23.6 Å². The number of nitro benzene ring substituents is 1. The SMILES string of the molecule is O=[N+]([O-])c1cccc(Br)c1OCCOCCCl. The molecule has 0 bridgehead atoms. The predicted octanol–water partition coefficient (Wildman–Crippen LogP) is 2.99. The Morgan fingerprint density at radius 3 is 2.76 bits per heavy atom. The van der Waals surface area contributed by atoms with Gasteiger partial charge in [0.15, 0.2) is 0 Å². The van der Waals surface area contributed by atoms with Crippen LogP contribution in [-0.2, 0) is 4.74 Å². The van der Waals surface area contributed by atoms with Crippen LogP contribution in [0.5, 0.6) is 5.75 Å². The molecule has 0 N–H and O–H groups in total. The van der Waals surface area contributed by atoms with E-state index in [1.165, 1.54) is 6.07 Å². The monoisotopic (exact) mass is 323 g/mol. The molecule has 0 amide bonds. The first-order chi connectivity index (χ1) is 8.16. The topological polar surface area (TPSA) is 61.6 Å². The smallest absolute Gasteiger partial charge is 0.312 e. The fraction of sp³-hybridized carbons (Fsp3) is 0.400. The van der Waals surface area contributed by atoms with Crippen molar-refractivity contribution in [1.82, 2.24) is 0 Å². The molecule has 17 heavy (non-hydrogen) atoms. The first-order valence-electron chi connectivity index (χ1n) is 4.86. The van der Waals surface area contributed by atoms with Crippen molar-refractivity contribution in [2.24, 2.45) is 0 Å². The average molecular weight is 325 g/mol. The van der Waals surface area contributed by atoms with Gasteiger partial charge in [-0.15, -0.1) is 11.6 Å². The van der Waals surface area contributed by atoms with E-state index in [4.69, 9.17) is 21.1 Å². The maximum absolute atomic E-state index is 10.8. The molecule has 0 heterocycles. The van der Waals surface area contributed by atoms with Crippen molar-refractivity contribution >= 4 is 33.2 Å². The molecule has 0 spiro atoms.